The third-order valence-corrected chi connectivity index (χ3v) is 6.32. The maximum Gasteiger partial charge on any atom is 0.146 e. The van der Waals surface area contributed by atoms with E-state index in [1.54, 1.807) is 0 Å². The first kappa shape index (κ1) is 14.8. The van der Waals surface area contributed by atoms with Crippen molar-refractivity contribution in [3.63, 3.8) is 0 Å². The summed E-state index contributed by atoms with van der Waals surface area (Å²) in [6.45, 7) is 2.15. The van der Waals surface area contributed by atoms with Gasteiger partial charge in [0.1, 0.15) is 7.14 Å². The topological polar surface area (TPSA) is 17.1 Å². The molecule has 0 aliphatic heterocycles. The van der Waals surface area contributed by atoms with Gasteiger partial charge in [0.2, 0.25) is 0 Å². The van der Waals surface area contributed by atoms with Crippen LogP contribution < -0.4 is 10.6 Å². The zero-order chi connectivity index (χ0) is 14.3. The molecule has 104 valence electrons. The maximum atomic E-state index is 13.5. The van der Waals surface area contributed by atoms with Gasteiger partial charge in [0.15, 0.2) is 0 Å². The van der Waals surface area contributed by atoms with E-state index in [1.165, 1.54) is 0 Å². The van der Waals surface area contributed by atoms with E-state index in [4.69, 9.17) is 0 Å². The van der Waals surface area contributed by atoms with E-state index < -0.39 is 7.14 Å². The van der Waals surface area contributed by atoms with Crippen LogP contribution in [-0.4, -0.2) is 6.16 Å². The second kappa shape index (κ2) is 7.26. The molecule has 2 rings (SSSR count). The molecule has 0 spiro atoms. The van der Waals surface area contributed by atoms with Gasteiger partial charge in [-0.1, -0.05) is 86.2 Å². The summed E-state index contributed by atoms with van der Waals surface area (Å²) in [4.78, 5) is 0. The molecule has 0 aromatic heterocycles. The fourth-order valence-electron chi connectivity index (χ4n) is 2.20. The summed E-state index contributed by atoms with van der Waals surface area (Å²) in [5.74, 6) is 0. The second-order valence-corrected chi connectivity index (χ2v) is 7.73. The lowest BCUT2D eigenvalue weighted by Crippen LogP contribution is -2.17. The lowest BCUT2D eigenvalue weighted by molar-refractivity contribution is 0.588. The summed E-state index contributed by atoms with van der Waals surface area (Å²) in [6.07, 6.45) is 6.98. The summed E-state index contributed by atoms with van der Waals surface area (Å²) >= 11 is 0. The van der Waals surface area contributed by atoms with E-state index in [0.717, 1.165) is 23.5 Å². The van der Waals surface area contributed by atoms with Gasteiger partial charge >= 0.3 is 0 Å². The Kier molecular flexibility index (Phi) is 5.38. The molecule has 0 N–H and O–H groups in total. The number of unbranched alkanes of at least 4 members (excludes halogenated alkanes) is 1. The standard InChI is InChI=1S/C18H21OP/c1-2-3-4-11-16-20(19,17-12-7-5-8-13-17)18-14-9-6-10-15-18/h4-15H,2-3,16H2,1H3/b11-4+. The number of rotatable bonds is 6. The van der Waals surface area contributed by atoms with E-state index in [0.29, 0.717) is 6.16 Å². The Morgan fingerprint density at radius 3 is 1.80 bits per heavy atom. The molecule has 2 aromatic rings. The smallest absolute Gasteiger partial charge is 0.146 e. The molecule has 0 fully saturated rings. The van der Waals surface area contributed by atoms with Crippen molar-refractivity contribution in [2.75, 3.05) is 6.16 Å². The minimum atomic E-state index is -2.55. The first-order valence-corrected chi connectivity index (χ1v) is 9.02. The molecule has 0 saturated carbocycles. The Balaban J connectivity index is 2.37. The summed E-state index contributed by atoms with van der Waals surface area (Å²) in [5, 5.41) is 1.87. The van der Waals surface area contributed by atoms with Crippen LogP contribution in [0.5, 0.6) is 0 Å². The van der Waals surface area contributed by atoms with Gasteiger partial charge in [-0.25, -0.2) is 0 Å². The molecule has 0 radical (unpaired) electrons. The van der Waals surface area contributed by atoms with Crippen LogP contribution in [0.15, 0.2) is 72.8 Å². The zero-order valence-electron chi connectivity index (χ0n) is 11.9. The van der Waals surface area contributed by atoms with Gasteiger partial charge in [0.05, 0.1) is 0 Å². The van der Waals surface area contributed by atoms with Crippen molar-refractivity contribution < 1.29 is 4.57 Å². The van der Waals surface area contributed by atoms with E-state index in [2.05, 4.69) is 19.1 Å². The third-order valence-electron chi connectivity index (χ3n) is 3.33. The van der Waals surface area contributed by atoms with E-state index in [-0.39, 0.29) is 0 Å². The average Bonchev–Trinajstić information content (AvgIpc) is 2.53. The largest absolute Gasteiger partial charge is 0.313 e. The molecule has 0 aliphatic rings. The molecule has 0 heterocycles. The van der Waals surface area contributed by atoms with Crippen molar-refractivity contribution in [2.45, 2.75) is 19.8 Å². The van der Waals surface area contributed by atoms with Crippen molar-refractivity contribution in [1.82, 2.24) is 0 Å². The Morgan fingerprint density at radius 1 is 0.850 bits per heavy atom. The highest BCUT2D eigenvalue weighted by Crippen LogP contribution is 2.43. The van der Waals surface area contributed by atoms with Crippen LogP contribution in [0.25, 0.3) is 0 Å². The van der Waals surface area contributed by atoms with Crippen LogP contribution in [0.3, 0.4) is 0 Å². The highest BCUT2D eigenvalue weighted by molar-refractivity contribution is 7.78. The predicted octanol–water partition coefficient (Wildman–Crippen LogP) is 4.36. The summed E-state index contributed by atoms with van der Waals surface area (Å²) < 4.78 is 13.5. The minimum absolute atomic E-state index is 0.598. The van der Waals surface area contributed by atoms with Crippen LogP contribution >= 0.6 is 7.14 Å². The molecule has 0 unspecified atom stereocenters. The molecule has 1 nitrogen and oxygen atoms in total. The Bertz CT molecular complexity index is 544. The third kappa shape index (κ3) is 3.49. The van der Waals surface area contributed by atoms with Crippen molar-refractivity contribution in [1.29, 1.82) is 0 Å². The molecule has 0 aliphatic carbocycles. The molecular formula is C18H21OP. The van der Waals surface area contributed by atoms with Crippen LogP contribution in [0.4, 0.5) is 0 Å². The molecule has 2 heteroatoms. The van der Waals surface area contributed by atoms with Crippen LogP contribution in [-0.2, 0) is 4.57 Å². The van der Waals surface area contributed by atoms with E-state index >= 15 is 0 Å². The predicted molar refractivity (Wildman–Crippen MR) is 88.7 cm³/mol. The van der Waals surface area contributed by atoms with Gasteiger partial charge in [-0.15, -0.1) is 0 Å². The minimum Gasteiger partial charge on any atom is -0.313 e. The van der Waals surface area contributed by atoms with Gasteiger partial charge in [0, 0.05) is 16.8 Å². The average molecular weight is 284 g/mol. The fourth-order valence-corrected chi connectivity index (χ4v) is 4.68. The highest BCUT2D eigenvalue weighted by atomic mass is 31.2. The molecule has 0 atom stereocenters. The first-order valence-electron chi connectivity index (χ1n) is 7.12. The SMILES string of the molecule is CCC/C=C/CP(=O)(c1ccccc1)c1ccccc1. The summed E-state index contributed by atoms with van der Waals surface area (Å²) in [5.41, 5.74) is 0. The van der Waals surface area contributed by atoms with Crippen molar-refractivity contribution in [2.24, 2.45) is 0 Å². The monoisotopic (exact) mass is 284 g/mol. The Hall–Kier alpha value is -1.59. The van der Waals surface area contributed by atoms with Gasteiger partial charge in [0.25, 0.3) is 0 Å². The number of benzene rings is 2. The van der Waals surface area contributed by atoms with Gasteiger partial charge < -0.3 is 4.57 Å². The molecule has 0 amide bonds. The van der Waals surface area contributed by atoms with Crippen molar-refractivity contribution in [3.8, 4) is 0 Å². The van der Waals surface area contributed by atoms with Crippen LogP contribution in [0.2, 0.25) is 0 Å². The highest BCUT2D eigenvalue weighted by Gasteiger charge is 2.25. The number of hydrogen-bond acceptors (Lipinski definition) is 1. The zero-order valence-corrected chi connectivity index (χ0v) is 12.8. The summed E-state index contributed by atoms with van der Waals surface area (Å²) in [7, 11) is -2.55. The fraction of sp³-hybridized carbons (Fsp3) is 0.222. The van der Waals surface area contributed by atoms with E-state index in [1.807, 2.05) is 60.7 Å². The first-order chi connectivity index (χ1) is 9.77. The lowest BCUT2D eigenvalue weighted by Gasteiger charge is -2.17. The quantitative estimate of drug-likeness (QED) is 0.569. The molecule has 0 saturated heterocycles. The lowest BCUT2D eigenvalue weighted by atomic mass is 10.3. The van der Waals surface area contributed by atoms with Gasteiger partial charge in [-0.2, -0.15) is 0 Å². The Labute approximate surface area is 121 Å². The molecule has 2 aromatic carbocycles. The number of hydrogen-bond donors (Lipinski definition) is 0. The maximum absolute atomic E-state index is 13.5. The van der Waals surface area contributed by atoms with E-state index in [9.17, 15) is 4.57 Å². The summed E-state index contributed by atoms with van der Waals surface area (Å²) in [6, 6.07) is 19.7. The van der Waals surface area contributed by atoms with Gasteiger partial charge in [-0.3, -0.25) is 0 Å². The molecular weight excluding hydrogens is 263 g/mol. The van der Waals surface area contributed by atoms with Crippen LogP contribution in [0.1, 0.15) is 19.8 Å². The normalized spacial score (nSPS) is 11.8. The molecule has 0 bridgehead atoms. The van der Waals surface area contributed by atoms with Crippen LogP contribution in [0, 0.1) is 0 Å². The molecule has 20 heavy (non-hydrogen) atoms. The number of allylic oxidation sites excluding steroid dienone is 2. The van der Waals surface area contributed by atoms with Crippen molar-refractivity contribution in [3.05, 3.63) is 72.8 Å². The van der Waals surface area contributed by atoms with Gasteiger partial charge in [-0.05, 0) is 6.42 Å². The Morgan fingerprint density at radius 2 is 1.35 bits per heavy atom. The van der Waals surface area contributed by atoms with Crippen molar-refractivity contribution >= 4 is 17.8 Å². The second-order valence-electron chi connectivity index (χ2n) is 4.85.